The number of benzene rings is 3. The molecule has 0 unspecified atom stereocenters. The Hall–Kier alpha value is -1.87. The van der Waals surface area contributed by atoms with Gasteiger partial charge < -0.3 is 15.2 Å². The van der Waals surface area contributed by atoms with E-state index < -0.39 is 23.8 Å². The minimum atomic E-state index is -0.857. The van der Waals surface area contributed by atoms with Crippen molar-refractivity contribution in [3.8, 4) is 5.75 Å². The molecule has 0 heterocycles. The minimum absolute atomic E-state index is 0.206. The van der Waals surface area contributed by atoms with Gasteiger partial charge in [-0.2, -0.15) is 0 Å². The highest BCUT2D eigenvalue weighted by atomic mass is 35.5. The zero-order chi connectivity index (χ0) is 23.8. The smallest absolute Gasteiger partial charge is 0.126 e. The number of nitrogens with one attached hydrogen (secondary N) is 2. The Labute approximate surface area is 206 Å². The van der Waals surface area contributed by atoms with Crippen LogP contribution in [-0.2, 0) is 13.0 Å². The fourth-order valence-corrected chi connectivity index (χ4v) is 4.81. The summed E-state index contributed by atoms with van der Waals surface area (Å²) in [5.74, 6) is -0.577. The number of halogens is 4. The van der Waals surface area contributed by atoms with Crippen LogP contribution in [0.3, 0.4) is 0 Å². The van der Waals surface area contributed by atoms with Crippen LogP contribution < -0.4 is 14.8 Å². The molecule has 2 atom stereocenters. The quantitative estimate of drug-likeness (QED) is 0.290. The number of hydrogen-bond acceptors (Lipinski definition) is 5. The molecular weight excluding hydrogens is 489 g/mol. The molecule has 176 valence electrons. The predicted octanol–water partition coefficient (Wildman–Crippen LogP) is 5.64. The zero-order valence-corrected chi connectivity index (χ0v) is 20.2. The van der Waals surface area contributed by atoms with E-state index in [0.717, 1.165) is 22.3 Å². The minimum Gasteiger partial charge on any atom is -0.497 e. The van der Waals surface area contributed by atoms with E-state index in [4.69, 9.17) is 27.9 Å². The summed E-state index contributed by atoms with van der Waals surface area (Å²) in [5, 5.41) is 15.1. The van der Waals surface area contributed by atoms with Crippen LogP contribution in [-0.4, -0.2) is 30.9 Å². The van der Waals surface area contributed by atoms with Crippen LogP contribution in [0, 0.1) is 11.6 Å². The van der Waals surface area contributed by atoms with Gasteiger partial charge in [0.2, 0.25) is 0 Å². The molecule has 0 amide bonds. The van der Waals surface area contributed by atoms with Gasteiger partial charge in [-0.05, 0) is 72.0 Å². The van der Waals surface area contributed by atoms with Crippen molar-refractivity contribution >= 4 is 35.1 Å². The molecule has 3 N–H and O–H groups in total. The average Bonchev–Trinajstić information content (AvgIpc) is 2.75. The van der Waals surface area contributed by atoms with Gasteiger partial charge in [-0.1, -0.05) is 35.3 Å². The number of methoxy groups -OCH3 is 1. The van der Waals surface area contributed by atoms with Crippen molar-refractivity contribution in [3.05, 3.63) is 93.5 Å². The highest BCUT2D eigenvalue weighted by molar-refractivity contribution is 7.97. The third-order valence-corrected chi connectivity index (χ3v) is 6.15. The first-order chi connectivity index (χ1) is 15.8. The molecule has 0 aliphatic carbocycles. The van der Waals surface area contributed by atoms with E-state index in [1.54, 1.807) is 25.3 Å². The SMILES string of the molecule is COc1cccc(CNC[C@@H](O)[C@H](Cc2cc(F)cc(F)c2)NSc2cc(Cl)cc(Cl)c2)c1. The van der Waals surface area contributed by atoms with Gasteiger partial charge in [-0.25, -0.2) is 8.78 Å². The summed E-state index contributed by atoms with van der Waals surface area (Å²) in [7, 11) is 1.60. The molecule has 0 bridgehead atoms. The molecule has 0 spiro atoms. The monoisotopic (exact) mass is 512 g/mol. The van der Waals surface area contributed by atoms with Crippen molar-refractivity contribution in [3.63, 3.8) is 0 Å². The Bertz CT molecular complexity index is 1030. The van der Waals surface area contributed by atoms with Gasteiger partial charge >= 0.3 is 0 Å². The number of ether oxygens (including phenoxy) is 1. The van der Waals surface area contributed by atoms with E-state index in [9.17, 15) is 13.9 Å². The van der Waals surface area contributed by atoms with Gasteiger partial charge in [-0.3, -0.25) is 4.72 Å². The topological polar surface area (TPSA) is 53.5 Å². The molecule has 0 fully saturated rings. The lowest BCUT2D eigenvalue weighted by Gasteiger charge is -2.24. The molecular formula is C24H24Cl2F2N2O2S. The second-order valence-electron chi connectivity index (χ2n) is 7.46. The van der Waals surface area contributed by atoms with Crippen molar-refractivity contribution < 1.29 is 18.6 Å². The fourth-order valence-electron chi connectivity index (χ4n) is 3.26. The highest BCUT2D eigenvalue weighted by Crippen LogP contribution is 2.26. The first kappa shape index (κ1) is 25.7. The number of hydrogen-bond donors (Lipinski definition) is 3. The molecule has 3 aromatic carbocycles. The molecule has 0 saturated carbocycles. The third kappa shape index (κ3) is 8.45. The summed E-state index contributed by atoms with van der Waals surface area (Å²) >= 11 is 13.4. The van der Waals surface area contributed by atoms with E-state index >= 15 is 0 Å². The lowest BCUT2D eigenvalue weighted by molar-refractivity contribution is 0.136. The van der Waals surface area contributed by atoms with Gasteiger partial charge in [0, 0.05) is 40.1 Å². The van der Waals surface area contributed by atoms with Crippen molar-refractivity contribution in [2.24, 2.45) is 0 Å². The molecule has 33 heavy (non-hydrogen) atoms. The van der Waals surface area contributed by atoms with Crippen molar-refractivity contribution in [2.75, 3.05) is 13.7 Å². The lowest BCUT2D eigenvalue weighted by atomic mass is 10.0. The van der Waals surface area contributed by atoms with Crippen molar-refractivity contribution in [2.45, 2.75) is 30.0 Å². The maximum Gasteiger partial charge on any atom is 0.126 e. The predicted molar refractivity (Wildman–Crippen MR) is 130 cm³/mol. The largest absolute Gasteiger partial charge is 0.497 e. The maximum atomic E-state index is 13.7. The van der Waals surface area contributed by atoms with Crippen LogP contribution >= 0.6 is 35.1 Å². The van der Waals surface area contributed by atoms with Crippen molar-refractivity contribution in [1.29, 1.82) is 0 Å². The van der Waals surface area contributed by atoms with E-state index in [2.05, 4.69) is 10.0 Å². The summed E-state index contributed by atoms with van der Waals surface area (Å²) < 4.78 is 35.8. The maximum absolute atomic E-state index is 13.7. The van der Waals surface area contributed by atoms with Crippen LogP contribution in [0.25, 0.3) is 0 Å². The number of aliphatic hydroxyl groups excluding tert-OH is 1. The second kappa shape index (κ2) is 12.6. The molecule has 0 aromatic heterocycles. The number of rotatable bonds is 11. The first-order valence-electron chi connectivity index (χ1n) is 10.2. The van der Waals surface area contributed by atoms with E-state index in [0.29, 0.717) is 22.2 Å². The highest BCUT2D eigenvalue weighted by Gasteiger charge is 2.21. The standard InChI is InChI=1S/C24H24Cl2F2N2O2S/c1-32-21-4-2-3-15(7-21)13-29-14-24(31)23(8-16-5-19(27)12-20(28)6-16)30-33-22-10-17(25)9-18(26)11-22/h2-7,9-12,23-24,29-31H,8,13-14H2,1H3/t23-,24+/m0/s1. The van der Waals surface area contributed by atoms with E-state index in [1.807, 2.05) is 24.3 Å². The lowest BCUT2D eigenvalue weighted by Crippen LogP contribution is -2.44. The second-order valence-corrected chi connectivity index (χ2v) is 9.25. The van der Waals surface area contributed by atoms with Gasteiger partial charge in [0.25, 0.3) is 0 Å². The normalized spacial score (nSPS) is 13.0. The molecule has 4 nitrogen and oxygen atoms in total. The molecule has 3 rings (SSSR count). The van der Waals surface area contributed by atoms with Gasteiger partial charge in [0.15, 0.2) is 0 Å². The Morgan fingerprint density at radius 3 is 2.33 bits per heavy atom. The Morgan fingerprint density at radius 2 is 1.67 bits per heavy atom. The molecule has 0 radical (unpaired) electrons. The van der Waals surface area contributed by atoms with E-state index in [1.165, 1.54) is 24.1 Å². The van der Waals surface area contributed by atoms with Crippen LogP contribution in [0.1, 0.15) is 11.1 Å². The van der Waals surface area contributed by atoms with Crippen molar-refractivity contribution in [1.82, 2.24) is 10.0 Å². The van der Waals surface area contributed by atoms with E-state index in [-0.39, 0.29) is 13.0 Å². The van der Waals surface area contributed by atoms with Gasteiger partial charge in [-0.15, -0.1) is 0 Å². The number of aliphatic hydroxyl groups is 1. The molecule has 3 aromatic rings. The Kier molecular flexibility index (Phi) is 9.79. The van der Waals surface area contributed by atoms with Crippen LogP contribution in [0.4, 0.5) is 8.78 Å². The summed E-state index contributed by atoms with van der Waals surface area (Å²) in [6.45, 7) is 0.774. The molecule has 0 aliphatic heterocycles. The Morgan fingerprint density at radius 1 is 0.970 bits per heavy atom. The summed E-state index contributed by atoms with van der Waals surface area (Å²) in [6.07, 6.45) is -0.651. The average molecular weight is 513 g/mol. The summed E-state index contributed by atoms with van der Waals surface area (Å²) in [5.41, 5.74) is 1.43. The van der Waals surface area contributed by atoms with Crippen LogP contribution in [0.15, 0.2) is 65.6 Å². The summed E-state index contributed by atoms with van der Waals surface area (Å²) in [6, 6.07) is 15.5. The fraction of sp³-hybridized carbons (Fsp3) is 0.250. The van der Waals surface area contributed by atoms with Crippen LogP contribution in [0.2, 0.25) is 10.0 Å². The third-order valence-electron chi connectivity index (χ3n) is 4.82. The zero-order valence-electron chi connectivity index (χ0n) is 17.8. The molecule has 0 aliphatic rings. The van der Waals surface area contributed by atoms with Crippen LogP contribution in [0.5, 0.6) is 5.75 Å². The Balaban J connectivity index is 1.67. The van der Waals surface area contributed by atoms with Gasteiger partial charge in [0.05, 0.1) is 13.2 Å². The molecule has 0 saturated heterocycles. The first-order valence-corrected chi connectivity index (χ1v) is 11.7. The van der Waals surface area contributed by atoms with Gasteiger partial charge in [0.1, 0.15) is 17.4 Å². The molecule has 9 heteroatoms. The summed E-state index contributed by atoms with van der Waals surface area (Å²) in [4.78, 5) is 0.750.